The summed E-state index contributed by atoms with van der Waals surface area (Å²) in [5.74, 6) is 0.246. The fraction of sp³-hybridized carbons (Fsp3) is 0.143. The monoisotopic (exact) mass is 343 g/mol. The third-order valence-corrected chi connectivity index (χ3v) is 3.42. The number of hydrogen-bond donors (Lipinski definition) is 1. The van der Waals surface area contributed by atoms with Crippen LogP contribution in [-0.4, -0.2) is 6.54 Å². The Kier molecular flexibility index (Phi) is 4.80. The van der Waals surface area contributed by atoms with Crippen LogP contribution in [-0.2, 0) is 0 Å². The second-order valence-corrected chi connectivity index (χ2v) is 5.29. The molecule has 1 unspecified atom stereocenters. The van der Waals surface area contributed by atoms with E-state index in [-0.39, 0.29) is 18.5 Å². The maximum atomic E-state index is 12.9. The van der Waals surface area contributed by atoms with Crippen molar-refractivity contribution in [2.45, 2.75) is 6.10 Å². The molecule has 0 spiro atoms. The fourth-order valence-electron chi connectivity index (χ4n) is 1.65. The van der Waals surface area contributed by atoms with E-state index in [2.05, 4.69) is 15.9 Å². The lowest BCUT2D eigenvalue weighted by Crippen LogP contribution is -2.18. The molecule has 0 aliphatic heterocycles. The molecular formula is C14H12BrClFNO. The molecule has 0 radical (unpaired) electrons. The minimum atomic E-state index is -0.368. The third-order valence-electron chi connectivity index (χ3n) is 2.62. The van der Waals surface area contributed by atoms with E-state index < -0.39 is 0 Å². The predicted molar refractivity (Wildman–Crippen MR) is 78.0 cm³/mol. The number of nitrogens with two attached hydrogens (primary N) is 1. The van der Waals surface area contributed by atoms with E-state index in [4.69, 9.17) is 22.1 Å². The van der Waals surface area contributed by atoms with Crippen LogP contribution in [0.1, 0.15) is 11.7 Å². The van der Waals surface area contributed by atoms with Crippen molar-refractivity contribution in [3.05, 3.63) is 63.3 Å². The Morgan fingerprint density at radius 3 is 2.53 bits per heavy atom. The topological polar surface area (TPSA) is 35.2 Å². The van der Waals surface area contributed by atoms with Crippen molar-refractivity contribution in [1.29, 1.82) is 0 Å². The largest absolute Gasteiger partial charge is 0.483 e. The number of rotatable bonds is 4. The van der Waals surface area contributed by atoms with Gasteiger partial charge in [-0.25, -0.2) is 4.39 Å². The molecule has 100 valence electrons. The normalized spacial score (nSPS) is 12.2. The van der Waals surface area contributed by atoms with Gasteiger partial charge < -0.3 is 10.5 Å². The zero-order chi connectivity index (χ0) is 13.8. The molecule has 2 aromatic rings. The van der Waals surface area contributed by atoms with Crippen molar-refractivity contribution in [2.75, 3.05) is 6.54 Å². The molecule has 2 nitrogen and oxygen atoms in total. The van der Waals surface area contributed by atoms with Crippen molar-refractivity contribution < 1.29 is 9.13 Å². The quantitative estimate of drug-likeness (QED) is 0.896. The predicted octanol–water partition coefficient (Wildman–Crippen LogP) is 4.32. The van der Waals surface area contributed by atoms with Gasteiger partial charge in [-0.05, 0) is 35.9 Å². The Bertz CT molecular complexity index is 562. The summed E-state index contributed by atoms with van der Waals surface area (Å²) in [5, 5.41) is 0.503. The van der Waals surface area contributed by atoms with Crippen LogP contribution in [0.4, 0.5) is 4.39 Å². The second-order valence-electron chi connectivity index (χ2n) is 3.97. The molecule has 0 saturated heterocycles. The molecule has 19 heavy (non-hydrogen) atoms. The Balaban J connectivity index is 2.23. The summed E-state index contributed by atoms with van der Waals surface area (Å²) < 4.78 is 19.6. The number of halogens is 3. The van der Waals surface area contributed by atoms with Crippen LogP contribution in [0.25, 0.3) is 0 Å². The molecule has 0 aliphatic carbocycles. The van der Waals surface area contributed by atoms with Crippen LogP contribution in [0, 0.1) is 5.82 Å². The highest BCUT2D eigenvalue weighted by Gasteiger charge is 2.13. The van der Waals surface area contributed by atoms with Crippen molar-refractivity contribution in [3.63, 3.8) is 0 Å². The first-order valence-electron chi connectivity index (χ1n) is 5.67. The zero-order valence-corrected chi connectivity index (χ0v) is 12.3. The summed E-state index contributed by atoms with van der Waals surface area (Å²) in [7, 11) is 0. The van der Waals surface area contributed by atoms with E-state index in [0.717, 1.165) is 10.0 Å². The average Bonchev–Trinajstić information content (AvgIpc) is 2.41. The van der Waals surface area contributed by atoms with Gasteiger partial charge in [-0.15, -0.1) is 0 Å². The summed E-state index contributed by atoms with van der Waals surface area (Å²) in [6.45, 7) is 0.272. The molecule has 1 atom stereocenters. The van der Waals surface area contributed by atoms with Crippen molar-refractivity contribution in [3.8, 4) is 5.75 Å². The Morgan fingerprint density at radius 1 is 1.21 bits per heavy atom. The smallest absolute Gasteiger partial charge is 0.140 e. The lowest BCUT2D eigenvalue weighted by molar-refractivity contribution is 0.214. The van der Waals surface area contributed by atoms with Gasteiger partial charge in [-0.3, -0.25) is 0 Å². The molecule has 0 amide bonds. The molecule has 0 aliphatic rings. The van der Waals surface area contributed by atoms with E-state index >= 15 is 0 Å². The third kappa shape index (κ3) is 3.69. The summed E-state index contributed by atoms with van der Waals surface area (Å²) in [6, 6.07) is 11.4. The minimum Gasteiger partial charge on any atom is -0.483 e. The molecule has 5 heteroatoms. The first-order chi connectivity index (χ1) is 9.10. The van der Waals surface area contributed by atoms with Crippen LogP contribution in [0.5, 0.6) is 5.75 Å². The van der Waals surface area contributed by atoms with Gasteiger partial charge in [0.25, 0.3) is 0 Å². The Morgan fingerprint density at radius 2 is 1.89 bits per heavy atom. The minimum absolute atomic E-state index is 0.272. The Hall–Kier alpha value is -1.10. The van der Waals surface area contributed by atoms with Gasteiger partial charge in [0, 0.05) is 11.0 Å². The zero-order valence-electron chi connectivity index (χ0n) is 9.95. The highest BCUT2D eigenvalue weighted by Crippen LogP contribution is 2.31. The van der Waals surface area contributed by atoms with Crippen LogP contribution >= 0.6 is 27.5 Å². The first-order valence-corrected chi connectivity index (χ1v) is 6.84. The summed E-state index contributed by atoms with van der Waals surface area (Å²) >= 11 is 9.42. The van der Waals surface area contributed by atoms with Gasteiger partial charge in [-0.1, -0.05) is 39.7 Å². The molecule has 2 aromatic carbocycles. The maximum absolute atomic E-state index is 12.9. The van der Waals surface area contributed by atoms with E-state index in [1.165, 1.54) is 12.1 Å². The van der Waals surface area contributed by atoms with E-state index in [1.807, 2.05) is 6.07 Å². The lowest BCUT2D eigenvalue weighted by atomic mass is 10.1. The number of ether oxygens (including phenoxy) is 1. The van der Waals surface area contributed by atoms with Crippen LogP contribution in [0.15, 0.2) is 46.9 Å². The van der Waals surface area contributed by atoms with Crippen molar-refractivity contribution >= 4 is 27.5 Å². The van der Waals surface area contributed by atoms with E-state index in [9.17, 15) is 4.39 Å². The van der Waals surface area contributed by atoms with Crippen molar-refractivity contribution in [2.24, 2.45) is 5.73 Å². The molecule has 0 heterocycles. The average molecular weight is 345 g/mol. The maximum Gasteiger partial charge on any atom is 0.140 e. The molecule has 0 aromatic heterocycles. The first kappa shape index (κ1) is 14.3. The highest BCUT2D eigenvalue weighted by atomic mass is 79.9. The van der Waals surface area contributed by atoms with E-state index in [0.29, 0.717) is 10.8 Å². The van der Waals surface area contributed by atoms with Gasteiger partial charge in [0.2, 0.25) is 0 Å². The second kappa shape index (κ2) is 6.37. The summed E-state index contributed by atoms with van der Waals surface area (Å²) in [6.07, 6.45) is -0.368. The number of hydrogen-bond acceptors (Lipinski definition) is 2. The highest BCUT2D eigenvalue weighted by molar-refractivity contribution is 9.10. The van der Waals surface area contributed by atoms with E-state index in [1.54, 1.807) is 24.3 Å². The molecular weight excluding hydrogens is 333 g/mol. The molecule has 0 saturated carbocycles. The molecule has 2 N–H and O–H groups in total. The van der Waals surface area contributed by atoms with Crippen LogP contribution < -0.4 is 10.5 Å². The van der Waals surface area contributed by atoms with Gasteiger partial charge in [-0.2, -0.15) is 0 Å². The Labute approximate surface area is 124 Å². The fourth-order valence-corrected chi connectivity index (χ4v) is 2.15. The van der Waals surface area contributed by atoms with Gasteiger partial charge >= 0.3 is 0 Å². The summed E-state index contributed by atoms with van der Waals surface area (Å²) in [5.41, 5.74) is 6.51. The van der Waals surface area contributed by atoms with Crippen LogP contribution in [0.3, 0.4) is 0 Å². The standard InChI is InChI=1S/C14H12BrClFNO/c15-10-3-6-12(16)13(7-10)19-14(8-18)9-1-4-11(17)5-2-9/h1-7,14H,8,18H2. The van der Waals surface area contributed by atoms with Crippen molar-refractivity contribution in [1.82, 2.24) is 0 Å². The lowest BCUT2D eigenvalue weighted by Gasteiger charge is -2.19. The molecule has 0 bridgehead atoms. The van der Waals surface area contributed by atoms with Gasteiger partial charge in [0.05, 0.1) is 5.02 Å². The SMILES string of the molecule is NCC(Oc1cc(Br)ccc1Cl)c1ccc(F)cc1. The van der Waals surface area contributed by atoms with Gasteiger partial charge in [0.1, 0.15) is 17.7 Å². The van der Waals surface area contributed by atoms with Gasteiger partial charge in [0.15, 0.2) is 0 Å². The summed E-state index contributed by atoms with van der Waals surface area (Å²) in [4.78, 5) is 0. The number of benzene rings is 2. The molecule has 2 rings (SSSR count). The molecule has 0 fully saturated rings. The van der Waals surface area contributed by atoms with Crippen LogP contribution in [0.2, 0.25) is 5.02 Å².